The van der Waals surface area contributed by atoms with Crippen LogP contribution in [-0.4, -0.2) is 12.1 Å². The number of aryl methyl sites for hydroxylation is 1. The fourth-order valence-electron chi connectivity index (χ4n) is 6.02. The number of hydrogen-bond donors (Lipinski definition) is 0. The van der Waals surface area contributed by atoms with Crippen molar-refractivity contribution in [1.82, 2.24) is 0 Å². The summed E-state index contributed by atoms with van der Waals surface area (Å²) < 4.78 is 0. The van der Waals surface area contributed by atoms with Crippen molar-refractivity contribution in [2.45, 2.75) is 19.4 Å². The fraction of sp³-hybridized carbons (Fsp3) is 0.0714. The zero-order valence-corrected chi connectivity index (χ0v) is 24.9. The lowest BCUT2D eigenvalue weighted by Crippen LogP contribution is -2.02. The van der Waals surface area contributed by atoms with E-state index in [2.05, 4.69) is 85.0 Å². The number of allylic oxidation sites excluding steroid dienone is 1. The molecule has 0 N–H and O–H groups in total. The number of aliphatic imine (C=N–C) groups is 2. The van der Waals surface area contributed by atoms with E-state index in [0.717, 1.165) is 46.2 Å². The molecule has 7 rings (SSSR count). The Hall–Kier alpha value is -5.85. The molecule has 3 heteroatoms. The van der Waals surface area contributed by atoms with E-state index in [1.54, 1.807) is 0 Å². The maximum absolute atomic E-state index is 9.68. The summed E-state index contributed by atoms with van der Waals surface area (Å²) in [4.78, 5) is 10.1. The van der Waals surface area contributed by atoms with E-state index in [9.17, 15) is 5.26 Å². The van der Waals surface area contributed by atoms with Gasteiger partial charge in [0.1, 0.15) is 0 Å². The molecule has 0 aliphatic heterocycles. The average Bonchev–Trinajstić information content (AvgIpc) is 3.12. The summed E-state index contributed by atoms with van der Waals surface area (Å²) in [6, 6.07) is 48.1. The lowest BCUT2D eigenvalue weighted by Gasteiger charge is -2.18. The maximum Gasteiger partial charge on any atom is 0.154 e. The third-order valence-electron chi connectivity index (χ3n) is 8.25. The van der Waals surface area contributed by atoms with Crippen LogP contribution in [0.4, 0.5) is 0 Å². The summed E-state index contributed by atoms with van der Waals surface area (Å²) in [7, 11) is 0. The number of amidine groups is 1. The van der Waals surface area contributed by atoms with Crippen LogP contribution in [0.15, 0.2) is 150 Å². The highest BCUT2D eigenvalue weighted by atomic mass is 14.9. The van der Waals surface area contributed by atoms with E-state index in [1.807, 2.05) is 72.9 Å². The Kier molecular flexibility index (Phi) is 7.95. The molecule has 0 heterocycles. The van der Waals surface area contributed by atoms with Crippen molar-refractivity contribution < 1.29 is 0 Å². The molecule has 0 saturated carbocycles. The molecule has 0 spiro atoms. The molecular weight excluding hydrogens is 546 g/mol. The molecule has 6 aromatic carbocycles. The highest BCUT2D eigenvalue weighted by Crippen LogP contribution is 2.38. The Morgan fingerprint density at radius 3 is 2.29 bits per heavy atom. The molecule has 0 radical (unpaired) electrons. The van der Waals surface area contributed by atoms with Gasteiger partial charge in [0.05, 0.1) is 18.2 Å². The smallest absolute Gasteiger partial charge is 0.154 e. The zero-order valence-electron chi connectivity index (χ0n) is 24.9. The minimum absolute atomic E-state index is 0.514. The van der Waals surface area contributed by atoms with Gasteiger partial charge in [0.15, 0.2) is 5.84 Å². The van der Waals surface area contributed by atoms with Gasteiger partial charge in [-0.25, -0.2) is 4.99 Å². The van der Waals surface area contributed by atoms with E-state index in [0.29, 0.717) is 17.9 Å². The second kappa shape index (κ2) is 12.8. The summed E-state index contributed by atoms with van der Waals surface area (Å²) in [5.41, 5.74) is 10.7. The van der Waals surface area contributed by atoms with Gasteiger partial charge >= 0.3 is 0 Å². The number of nitrogens with zero attached hydrogens (tertiary/aromatic N) is 3. The van der Waals surface area contributed by atoms with Crippen molar-refractivity contribution in [2.75, 3.05) is 0 Å². The molecule has 0 amide bonds. The van der Waals surface area contributed by atoms with Crippen LogP contribution < -0.4 is 0 Å². The van der Waals surface area contributed by atoms with Gasteiger partial charge in [0.25, 0.3) is 0 Å². The predicted molar refractivity (Wildman–Crippen MR) is 188 cm³/mol. The third kappa shape index (κ3) is 6.13. The quantitative estimate of drug-likeness (QED) is 0.144. The lowest BCUT2D eigenvalue weighted by molar-refractivity contribution is 0.990. The first-order chi connectivity index (χ1) is 22.2. The van der Waals surface area contributed by atoms with Gasteiger partial charge in [-0.3, -0.25) is 4.99 Å². The molecule has 6 aromatic rings. The van der Waals surface area contributed by atoms with E-state index in [1.165, 1.54) is 27.5 Å². The van der Waals surface area contributed by atoms with E-state index >= 15 is 0 Å². The van der Waals surface area contributed by atoms with Gasteiger partial charge < -0.3 is 0 Å². The first-order valence-corrected chi connectivity index (χ1v) is 15.3. The molecule has 1 aliphatic rings. The molecule has 0 aromatic heterocycles. The molecule has 0 unspecified atom stereocenters. The first-order valence-electron chi connectivity index (χ1n) is 15.3. The van der Waals surface area contributed by atoms with E-state index < -0.39 is 0 Å². The molecule has 3 nitrogen and oxygen atoms in total. The molecule has 0 fully saturated rings. The van der Waals surface area contributed by atoms with Crippen molar-refractivity contribution in [3.8, 4) is 28.3 Å². The minimum Gasteiger partial charge on any atom is -0.261 e. The van der Waals surface area contributed by atoms with Crippen molar-refractivity contribution in [3.05, 3.63) is 173 Å². The zero-order chi connectivity index (χ0) is 30.4. The van der Waals surface area contributed by atoms with E-state index in [-0.39, 0.29) is 0 Å². The van der Waals surface area contributed by atoms with E-state index in [4.69, 9.17) is 9.98 Å². The second-order valence-corrected chi connectivity index (χ2v) is 11.3. The SMILES string of the molecule is N#Cc1cccc(-c2cc(C(N=Cc3ccccc3)=NCc3ccccc3)cc(-c3cc4c(c5ccccc35)C=CCC4)c2)c1. The van der Waals surface area contributed by atoms with Crippen molar-refractivity contribution in [3.63, 3.8) is 0 Å². The third-order valence-corrected chi connectivity index (χ3v) is 8.25. The van der Waals surface area contributed by atoms with Crippen molar-refractivity contribution >= 4 is 28.9 Å². The van der Waals surface area contributed by atoms with Crippen LogP contribution in [0.2, 0.25) is 0 Å². The lowest BCUT2D eigenvalue weighted by atomic mass is 9.86. The normalized spacial score (nSPS) is 12.7. The highest BCUT2D eigenvalue weighted by Gasteiger charge is 2.16. The Morgan fingerprint density at radius 2 is 1.47 bits per heavy atom. The monoisotopic (exact) mass is 577 g/mol. The number of rotatable bonds is 6. The number of hydrogen-bond acceptors (Lipinski definition) is 2. The molecule has 0 atom stereocenters. The van der Waals surface area contributed by atoms with Crippen LogP contribution in [0.1, 0.15) is 39.8 Å². The largest absolute Gasteiger partial charge is 0.261 e. The summed E-state index contributed by atoms with van der Waals surface area (Å²) in [6.45, 7) is 0.514. The predicted octanol–water partition coefficient (Wildman–Crippen LogP) is 10.1. The summed E-state index contributed by atoms with van der Waals surface area (Å²) in [5.74, 6) is 0.660. The summed E-state index contributed by atoms with van der Waals surface area (Å²) in [6.07, 6.45) is 8.49. The minimum atomic E-state index is 0.514. The van der Waals surface area contributed by atoms with Crippen molar-refractivity contribution in [1.29, 1.82) is 5.26 Å². The summed E-state index contributed by atoms with van der Waals surface area (Å²) >= 11 is 0. The number of benzene rings is 6. The van der Waals surface area contributed by atoms with Gasteiger partial charge in [-0.05, 0) is 105 Å². The van der Waals surface area contributed by atoms with Gasteiger partial charge in [0, 0.05) is 11.8 Å². The Balaban J connectivity index is 1.45. The average molecular weight is 578 g/mol. The molecule has 0 bridgehead atoms. The van der Waals surface area contributed by atoms with Crippen LogP contribution in [0.3, 0.4) is 0 Å². The Morgan fingerprint density at radius 1 is 0.711 bits per heavy atom. The number of fused-ring (bicyclic) bond motifs is 3. The number of nitriles is 1. The highest BCUT2D eigenvalue weighted by molar-refractivity contribution is 6.08. The molecule has 214 valence electrons. The molecule has 45 heavy (non-hydrogen) atoms. The van der Waals surface area contributed by atoms with Gasteiger partial charge in [-0.2, -0.15) is 5.26 Å². The van der Waals surface area contributed by atoms with Gasteiger partial charge in [-0.15, -0.1) is 0 Å². The van der Waals surface area contributed by atoms with Gasteiger partial charge in [0.2, 0.25) is 0 Å². The maximum atomic E-state index is 9.68. The molecule has 1 aliphatic carbocycles. The fourth-order valence-corrected chi connectivity index (χ4v) is 6.02. The van der Waals surface area contributed by atoms with Crippen LogP contribution in [0, 0.1) is 11.3 Å². The first kappa shape index (κ1) is 28.0. The summed E-state index contributed by atoms with van der Waals surface area (Å²) in [5, 5.41) is 12.2. The molecular formula is C42H31N3. The van der Waals surface area contributed by atoms with Crippen LogP contribution >= 0.6 is 0 Å². The Labute approximate surface area is 264 Å². The van der Waals surface area contributed by atoms with Crippen molar-refractivity contribution in [2.24, 2.45) is 9.98 Å². The van der Waals surface area contributed by atoms with Crippen LogP contribution in [0.5, 0.6) is 0 Å². The van der Waals surface area contributed by atoms with Crippen LogP contribution in [0.25, 0.3) is 39.1 Å². The standard InChI is InChI=1S/C42H31N3/c43-27-32-16-11-18-33(22-32)35-23-36(41-26-34-17-7-8-19-38(34)39-20-9-10-21-40(39)41)25-37(24-35)42(44-28-30-12-3-1-4-13-30)45-29-31-14-5-2-6-15-31/h1-6,8-16,18-26,28H,7,17,29H2. The second-order valence-electron chi connectivity index (χ2n) is 11.3. The molecule has 0 saturated heterocycles. The Bertz CT molecular complexity index is 2130. The topological polar surface area (TPSA) is 48.5 Å². The van der Waals surface area contributed by atoms with Gasteiger partial charge in [-0.1, -0.05) is 109 Å². The van der Waals surface area contributed by atoms with Crippen LogP contribution in [-0.2, 0) is 13.0 Å².